The first-order chi connectivity index (χ1) is 7.97. The molecular formula is C10H14N4O2S. The summed E-state index contributed by atoms with van der Waals surface area (Å²) in [6.45, 7) is 4.00. The van der Waals surface area contributed by atoms with Gasteiger partial charge < -0.3 is 9.55 Å². The lowest BCUT2D eigenvalue weighted by Crippen LogP contribution is -2.29. The Hall–Kier alpha value is -1.63. The molecule has 0 saturated carbocycles. The Morgan fingerprint density at radius 1 is 1.35 bits per heavy atom. The van der Waals surface area contributed by atoms with Crippen LogP contribution in [0, 0.1) is 4.77 Å². The average Bonchev–Trinajstić information content (AvgIpc) is 2.63. The van der Waals surface area contributed by atoms with Crippen LogP contribution in [0.15, 0.2) is 9.59 Å². The first kappa shape index (κ1) is 11.8. The molecule has 0 saturated heterocycles. The molecule has 2 heterocycles. The molecule has 1 atom stereocenters. The number of nitrogens with zero attached hydrogens (tertiary/aromatic N) is 2. The normalized spacial score (nSPS) is 13.1. The first-order valence-corrected chi connectivity index (χ1v) is 5.81. The van der Waals surface area contributed by atoms with Crippen LogP contribution in [-0.2, 0) is 7.05 Å². The van der Waals surface area contributed by atoms with Gasteiger partial charge in [-0.1, -0.05) is 6.92 Å². The second-order valence-electron chi connectivity index (χ2n) is 4.07. The Morgan fingerprint density at radius 2 is 2.00 bits per heavy atom. The van der Waals surface area contributed by atoms with Crippen molar-refractivity contribution < 1.29 is 0 Å². The topological polar surface area (TPSA) is 75.6 Å². The quantitative estimate of drug-likeness (QED) is 0.787. The van der Waals surface area contributed by atoms with E-state index in [0.29, 0.717) is 15.9 Å². The van der Waals surface area contributed by atoms with E-state index >= 15 is 0 Å². The van der Waals surface area contributed by atoms with Gasteiger partial charge in [0.05, 0.1) is 0 Å². The van der Waals surface area contributed by atoms with Gasteiger partial charge in [-0.3, -0.25) is 14.3 Å². The van der Waals surface area contributed by atoms with Crippen molar-refractivity contribution in [1.29, 1.82) is 0 Å². The molecule has 17 heavy (non-hydrogen) atoms. The van der Waals surface area contributed by atoms with Crippen LogP contribution >= 0.6 is 12.2 Å². The molecule has 92 valence electrons. The van der Waals surface area contributed by atoms with E-state index in [1.54, 1.807) is 11.6 Å². The van der Waals surface area contributed by atoms with Crippen LogP contribution in [0.5, 0.6) is 0 Å². The summed E-state index contributed by atoms with van der Waals surface area (Å²) in [6.07, 6.45) is 0.851. The number of rotatable bonds is 2. The summed E-state index contributed by atoms with van der Waals surface area (Å²) in [6, 6.07) is 0.106. The highest BCUT2D eigenvalue weighted by Crippen LogP contribution is 2.16. The predicted octanol–water partition coefficient (Wildman–Crippen LogP) is 1.06. The fourth-order valence-electron chi connectivity index (χ4n) is 1.84. The summed E-state index contributed by atoms with van der Waals surface area (Å²) in [4.78, 5) is 28.5. The lowest BCUT2D eigenvalue weighted by molar-refractivity contribution is 0.537. The monoisotopic (exact) mass is 254 g/mol. The molecule has 7 heteroatoms. The third-order valence-corrected chi connectivity index (χ3v) is 3.32. The molecule has 0 aliphatic carbocycles. The number of aromatic nitrogens is 4. The third-order valence-electron chi connectivity index (χ3n) is 3.02. The van der Waals surface area contributed by atoms with E-state index < -0.39 is 11.2 Å². The van der Waals surface area contributed by atoms with Crippen LogP contribution in [-0.4, -0.2) is 19.1 Å². The Morgan fingerprint density at radius 3 is 2.59 bits per heavy atom. The van der Waals surface area contributed by atoms with Gasteiger partial charge in [0.2, 0.25) is 0 Å². The van der Waals surface area contributed by atoms with E-state index in [1.165, 1.54) is 4.57 Å². The lowest BCUT2D eigenvalue weighted by atomic mass is 10.2. The van der Waals surface area contributed by atoms with Crippen LogP contribution in [0.4, 0.5) is 0 Å². The van der Waals surface area contributed by atoms with Gasteiger partial charge >= 0.3 is 5.69 Å². The van der Waals surface area contributed by atoms with Crippen LogP contribution in [0.25, 0.3) is 11.2 Å². The van der Waals surface area contributed by atoms with Crippen LogP contribution in [0.1, 0.15) is 26.3 Å². The van der Waals surface area contributed by atoms with E-state index in [4.69, 9.17) is 12.2 Å². The number of nitrogens with one attached hydrogen (secondary N) is 2. The summed E-state index contributed by atoms with van der Waals surface area (Å²) in [5.41, 5.74) is 0.0290. The summed E-state index contributed by atoms with van der Waals surface area (Å²) in [7, 11) is 1.59. The highest BCUT2D eigenvalue weighted by Gasteiger charge is 2.15. The van der Waals surface area contributed by atoms with E-state index in [0.717, 1.165) is 6.42 Å². The predicted molar refractivity (Wildman–Crippen MR) is 68.0 cm³/mol. The first-order valence-electron chi connectivity index (χ1n) is 5.40. The number of hydrogen-bond acceptors (Lipinski definition) is 3. The van der Waals surface area contributed by atoms with Crippen molar-refractivity contribution in [3.8, 4) is 0 Å². The van der Waals surface area contributed by atoms with Crippen LogP contribution in [0.3, 0.4) is 0 Å². The average molecular weight is 254 g/mol. The molecular weight excluding hydrogens is 240 g/mol. The molecule has 0 amide bonds. The second-order valence-corrected chi connectivity index (χ2v) is 4.46. The molecule has 2 rings (SSSR count). The second kappa shape index (κ2) is 3.99. The van der Waals surface area contributed by atoms with Crippen molar-refractivity contribution in [3.63, 3.8) is 0 Å². The minimum absolute atomic E-state index is 0.106. The van der Waals surface area contributed by atoms with E-state index in [-0.39, 0.29) is 6.04 Å². The van der Waals surface area contributed by atoms with Crippen LogP contribution in [0.2, 0.25) is 0 Å². The number of H-pyrrole nitrogens is 2. The zero-order chi connectivity index (χ0) is 12.7. The van der Waals surface area contributed by atoms with Gasteiger partial charge in [0.15, 0.2) is 10.3 Å². The fourth-order valence-corrected chi connectivity index (χ4v) is 2.21. The molecule has 0 aromatic carbocycles. The van der Waals surface area contributed by atoms with Crippen molar-refractivity contribution in [3.05, 3.63) is 25.6 Å². The van der Waals surface area contributed by atoms with E-state index in [1.807, 2.05) is 13.8 Å². The molecule has 0 fully saturated rings. The summed E-state index contributed by atoms with van der Waals surface area (Å²) in [5, 5.41) is 0. The van der Waals surface area contributed by atoms with Gasteiger partial charge in [-0.05, 0) is 25.6 Å². The maximum atomic E-state index is 11.9. The molecule has 0 spiro atoms. The summed E-state index contributed by atoms with van der Waals surface area (Å²) in [5.74, 6) is 0. The number of hydrogen-bond donors (Lipinski definition) is 2. The largest absolute Gasteiger partial charge is 0.329 e. The molecule has 2 aromatic heterocycles. The molecule has 6 nitrogen and oxygen atoms in total. The maximum Gasteiger partial charge on any atom is 0.329 e. The van der Waals surface area contributed by atoms with Crippen LogP contribution < -0.4 is 11.2 Å². The Kier molecular flexibility index (Phi) is 2.78. The van der Waals surface area contributed by atoms with Crippen molar-refractivity contribution >= 4 is 23.4 Å². The Bertz CT molecular complexity index is 733. The highest BCUT2D eigenvalue weighted by molar-refractivity contribution is 7.71. The van der Waals surface area contributed by atoms with Crippen molar-refractivity contribution in [2.45, 2.75) is 26.3 Å². The molecule has 0 bridgehead atoms. The minimum atomic E-state index is -0.449. The Balaban J connectivity index is 3.03. The van der Waals surface area contributed by atoms with E-state index in [9.17, 15) is 9.59 Å². The van der Waals surface area contributed by atoms with Gasteiger partial charge in [0.25, 0.3) is 5.56 Å². The summed E-state index contributed by atoms with van der Waals surface area (Å²) < 4.78 is 3.56. The standard InChI is InChI=1S/C10H14N4O2S/c1-4-5(2)14-6-7(11-10(14)17)13(3)9(16)12-8(6)15/h5H,4H2,1-3H3,(H,11,17)(H,12,15,16). The minimum Gasteiger partial charge on any atom is -0.316 e. The molecule has 2 N–H and O–H groups in total. The molecule has 2 aromatic rings. The van der Waals surface area contributed by atoms with Gasteiger partial charge in [-0.2, -0.15) is 0 Å². The van der Waals surface area contributed by atoms with Gasteiger partial charge in [-0.25, -0.2) is 4.79 Å². The molecule has 0 radical (unpaired) electrons. The van der Waals surface area contributed by atoms with Gasteiger partial charge in [0.1, 0.15) is 5.65 Å². The smallest absolute Gasteiger partial charge is 0.316 e. The molecule has 1 unspecified atom stereocenters. The Labute approximate surface area is 102 Å². The SMILES string of the molecule is CCC(C)n1c(=S)[nH]c2c1c(=O)[nH]c(=O)n2C. The van der Waals surface area contributed by atoms with Crippen molar-refractivity contribution in [1.82, 2.24) is 19.1 Å². The van der Waals surface area contributed by atoms with Gasteiger partial charge in [0, 0.05) is 13.1 Å². The van der Waals surface area contributed by atoms with Crippen molar-refractivity contribution in [2.24, 2.45) is 7.05 Å². The zero-order valence-corrected chi connectivity index (χ0v) is 10.7. The number of imidazole rings is 1. The lowest BCUT2D eigenvalue weighted by Gasteiger charge is -2.11. The van der Waals surface area contributed by atoms with Crippen molar-refractivity contribution in [2.75, 3.05) is 0 Å². The summed E-state index contributed by atoms with van der Waals surface area (Å²) >= 11 is 5.20. The van der Waals surface area contributed by atoms with Gasteiger partial charge in [-0.15, -0.1) is 0 Å². The third kappa shape index (κ3) is 1.66. The number of aromatic amines is 2. The number of aryl methyl sites for hydroxylation is 1. The maximum absolute atomic E-state index is 11.9. The zero-order valence-electron chi connectivity index (χ0n) is 9.90. The highest BCUT2D eigenvalue weighted by atomic mass is 32.1. The number of fused-ring (bicyclic) bond motifs is 1. The molecule has 0 aliphatic rings. The fraction of sp³-hybridized carbons (Fsp3) is 0.500. The van der Waals surface area contributed by atoms with E-state index in [2.05, 4.69) is 9.97 Å². The molecule has 0 aliphatic heterocycles.